The van der Waals surface area contributed by atoms with Gasteiger partial charge in [-0.2, -0.15) is 0 Å². The average Bonchev–Trinajstić information content (AvgIpc) is 2.32. The Morgan fingerprint density at radius 1 is 1.05 bits per heavy atom. The first-order valence-electron chi connectivity index (χ1n) is 8.13. The smallest absolute Gasteiger partial charge is 0.223 e. The Bertz CT molecular complexity index is 360. The molecule has 5 aliphatic carbocycles. The first-order chi connectivity index (χ1) is 9.13. The maximum atomic E-state index is 12.5. The highest BCUT2D eigenvalue weighted by Crippen LogP contribution is 2.56. The molecule has 3 heteroatoms. The van der Waals surface area contributed by atoms with Crippen LogP contribution in [0, 0.1) is 29.6 Å². The first kappa shape index (κ1) is 12.2. The van der Waals surface area contributed by atoms with Gasteiger partial charge >= 0.3 is 0 Å². The van der Waals surface area contributed by atoms with E-state index >= 15 is 0 Å². The van der Waals surface area contributed by atoms with Gasteiger partial charge in [0.15, 0.2) is 0 Å². The first-order valence-corrected chi connectivity index (χ1v) is 8.13. The largest absolute Gasteiger partial charge is 0.388 e. The highest BCUT2D eigenvalue weighted by molar-refractivity contribution is 5.79. The minimum Gasteiger partial charge on any atom is -0.388 e. The van der Waals surface area contributed by atoms with Crippen LogP contribution in [-0.2, 0) is 4.79 Å². The highest BCUT2D eigenvalue weighted by Gasteiger charge is 2.51. The molecule has 0 saturated heterocycles. The maximum absolute atomic E-state index is 12.5. The Hall–Kier alpha value is -0.570. The Morgan fingerprint density at radius 2 is 1.63 bits per heavy atom. The van der Waals surface area contributed by atoms with E-state index < -0.39 is 5.60 Å². The summed E-state index contributed by atoms with van der Waals surface area (Å²) in [5.41, 5.74) is -0.582. The molecule has 0 radical (unpaired) electrons. The van der Waals surface area contributed by atoms with E-state index in [1.165, 1.54) is 32.1 Å². The van der Waals surface area contributed by atoms with Crippen LogP contribution in [0.3, 0.4) is 0 Å². The number of amides is 1. The molecule has 3 nitrogen and oxygen atoms in total. The molecule has 0 unspecified atom stereocenters. The number of rotatable bonds is 3. The zero-order valence-corrected chi connectivity index (χ0v) is 11.6. The molecule has 0 atom stereocenters. The standard InChI is InChI=1S/C16H25NO2/c18-15(17-9-16(19)2-1-3-16)14-12-5-10-4-11(7-12)8-13(14)6-10/h10-14,19H,1-9H2,(H,17,18). The Morgan fingerprint density at radius 3 is 2.11 bits per heavy atom. The second kappa shape index (κ2) is 4.21. The van der Waals surface area contributed by atoms with E-state index in [1.54, 1.807) is 0 Å². The fourth-order valence-electron chi connectivity index (χ4n) is 5.48. The lowest BCUT2D eigenvalue weighted by Crippen LogP contribution is -2.54. The number of hydrogen-bond donors (Lipinski definition) is 2. The molecule has 0 spiro atoms. The fourth-order valence-corrected chi connectivity index (χ4v) is 5.48. The van der Waals surface area contributed by atoms with Gasteiger partial charge in [-0.1, -0.05) is 0 Å². The van der Waals surface area contributed by atoms with Crippen LogP contribution in [0.25, 0.3) is 0 Å². The molecule has 19 heavy (non-hydrogen) atoms. The van der Waals surface area contributed by atoms with Gasteiger partial charge in [0.1, 0.15) is 0 Å². The van der Waals surface area contributed by atoms with E-state index in [2.05, 4.69) is 5.32 Å². The van der Waals surface area contributed by atoms with Gasteiger partial charge in [-0.15, -0.1) is 0 Å². The van der Waals surface area contributed by atoms with Crippen LogP contribution >= 0.6 is 0 Å². The van der Waals surface area contributed by atoms with Gasteiger partial charge in [0, 0.05) is 12.5 Å². The monoisotopic (exact) mass is 263 g/mol. The Kier molecular flexibility index (Phi) is 2.70. The fraction of sp³-hybridized carbons (Fsp3) is 0.938. The summed E-state index contributed by atoms with van der Waals surface area (Å²) in [7, 11) is 0. The average molecular weight is 263 g/mol. The van der Waals surface area contributed by atoms with Gasteiger partial charge in [-0.05, 0) is 75.0 Å². The lowest BCUT2D eigenvalue weighted by atomic mass is 9.51. The van der Waals surface area contributed by atoms with Crippen molar-refractivity contribution >= 4 is 5.91 Å². The minimum absolute atomic E-state index is 0.245. The van der Waals surface area contributed by atoms with E-state index in [9.17, 15) is 9.90 Å². The molecule has 5 fully saturated rings. The molecule has 1 amide bonds. The van der Waals surface area contributed by atoms with Crippen LogP contribution in [0.5, 0.6) is 0 Å². The third-order valence-electron chi connectivity index (χ3n) is 6.41. The molecule has 0 aromatic rings. The van der Waals surface area contributed by atoms with Crippen molar-refractivity contribution in [3.05, 3.63) is 0 Å². The zero-order valence-electron chi connectivity index (χ0n) is 11.6. The number of nitrogens with one attached hydrogen (secondary N) is 1. The summed E-state index contributed by atoms with van der Waals surface area (Å²) < 4.78 is 0. The van der Waals surface area contributed by atoms with E-state index in [0.29, 0.717) is 18.4 Å². The maximum Gasteiger partial charge on any atom is 0.223 e. The summed E-state index contributed by atoms with van der Waals surface area (Å²) in [6, 6.07) is 0. The van der Waals surface area contributed by atoms with Gasteiger partial charge in [0.25, 0.3) is 0 Å². The van der Waals surface area contributed by atoms with E-state index in [4.69, 9.17) is 0 Å². The van der Waals surface area contributed by atoms with Gasteiger partial charge in [-0.25, -0.2) is 0 Å². The molecule has 5 saturated carbocycles. The Labute approximate surface area is 115 Å². The van der Waals surface area contributed by atoms with Crippen LogP contribution in [0.15, 0.2) is 0 Å². The molecular weight excluding hydrogens is 238 g/mol. The summed E-state index contributed by atoms with van der Waals surface area (Å²) in [4.78, 5) is 12.5. The van der Waals surface area contributed by atoms with Crippen molar-refractivity contribution in [2.75, 3.05) is 6.54 Å². The van der Waals surface area contributed by atoms with Crippen molar-refractivity contribution in [2.24, 2.45) is 29.6 Å². The van der Waals surface area contributed by atoms with E-state index in [0.717, 1.165) is 31.1 Å². The van der Waals surface area contributed by atoms with Gasteiger partial charge < -0.3 is 10.4 Å². The molecular formula is C16H25NO2. The lowest BCUT2D eigenvalue weighted by molar-refractivity contribution is -0.140. The molecule has 4 bridgehead atoms. The molecule has 0 aromatic heterocycles. The molecule has 2 N–H and O–H groups in total. The highest BCUT2D eigenvalue weighted by atomic mass is 16.3. The van der Waals surface area contributed by atoms with Crippen molar-refractivity contribution in [3.8, 4) is 0 Å². The van der Waals surface area contributed by atoms with Crippen molar-refractivity contribution in [3.63, 3.8) is 0 Å². The number of carbonyl (C=O) groups is 1. The third kappa shape index (κ3) is 2.01. The second-order valence-corrected chi connectivity index (χ2v) is 7.75. The minimum atomic E-state index is -0.582. The molecule has 0 aromatic carbocycles. The van der Waals surface area contributed by atoms with Gasteiger partial charge in [0.2, 0.25) is 5.91 Å². The van der Waals surface area contributed by atoms with Crippen LogP contribution in [0.2, 0.25) is 0 Å². The third-order valence-corrected chi connectivity index (χ3v) is 6.41. The van der Waals surface area contributed by atoms with Crippen LogP contribution < -0.4 is 5.32 Å². The zero-order chi connectivity index (χ0) is 13.0. The van der Waals surface area contributed by atoms with E-state index in [1.807, 2.05) is 0 Å². The second-order valence-electron chi connectivity index (χ2n) is 7.75. The molecule has 5 aliphatic rings. The molecule has 5 rings (SSSR count). The molecule has 106 valence electrons. The normalized spacial score (nSPS) is 45.8. The molecule has 0 heterocycles. The predicted octanol–water partition coefficient (Wildman–Crippen LogP) is 2.09. The summed E-state index contributed by atoms with van der Waals surface area (Å²) in [6.45, 7) is 0.481. The summed E-state index contributed by atoms with van der Waals surface area (Å²) in [6.07, 6.45) is 9.39. The number of hydrogen-bond acceptors (Lipinski definition) is 2. The predicted molar refractivity (Wildman–Crippen MR) is 72.3 cm³/mol. The summed E-state index contributed by atoms with van der Waals surface area (Å²) in [5.74, 6) is 3.63. The van der Waals surface area contributed by atoms with Crippen LogP contribution in [0.4, 0.5) is 0 Å². The summed E-state index contributed by atoms with van der Waals surface area (Å²) >= 11 is 0. The van der Waals surface area contributed by atoms with Gasteiger partial charge in [-0.3, -0.25) is 4.79 Å². The van der Waals surface area contributed by atoms with Crippen LogP contribution in [-0.4, -0.2) is 23.2 Å². The van der Waals surface area contributed by atoms with Crippen molar-refractivity contribution < 1.29 is 9.90 Å². The Balaban J connectivity index is 1.40. The molecule has 0 aliphatic heterocycles. The van der Waals surface area contributed by atoms with Crippen molar-refractivity contribution in [1.82, 2.24) is 5.32 Å². The summed E-state index contributed by atoms with van der Waals surface area (Å²) in [5, 5.41) is 13.2. The lowest BCUT2D eigenvalue weighted by Gasteiger charge is -2.53. The van der Waals surface area contributed by atoms with Crippen molar-refractivity contribution in [1.29, 1.82) is 0 Å². The number of aliphatic hydroxyl groups is 1. The van der Waals surface area contributed by atoms with E-state index in [-0.39, 0.29) is 11.8 Å². The van der Waals surface area contributed by atoms with Gasteiger partial charge in [0.05, 0.1) is 5.60 Å². The topological polar surface area (TPSA) is 49.3 Å². The van der Waals surface area contributed by atoms with Crippen molar-refractivity contribution in [2.45, 2.75) is 57.0 Å². The van der Waals surface area contributed by atoms with Crippen LogP contribution in [0.1, 0.15) is 51.4 Å². The number of carbonyl (C=O) groups excluding carboxylic acids is 1. The SMILES string of the molecule is O=C(NCC1(O)CCC1)C1C2CC3CC(C2)CC1C3. The quantitative estimate of drug-likeness (QED) is 0.819.